The Hall–Kier alpha value is -2.57. The van der Waals surface area contributed by atoms with Gasteiger partial charge in [0.2, 0.25) is 0 Å². The van der Waals surface area contributed by atoms with Crippen LogP contribution >= 0.6 is 0 Å². The Balaban J connectivity index is 1.97. The van der Waals surface area contributed by atoms with Gasteiger partial charge in [0.1, 0.15) is 28.9 Å². The topological polar surface area (TPSA) is 76.1 Å². The summed E-state index contributed by atoms with van der Waals surface area (Å²) in [6.07, 6.45) is 2.08. The molecule has 0 radical (unpaired) electrons. The van der Waals surface area contributed by atoms with Crippen LogP contribution < -0.4 is 0 Å². The van der Waals surface area contributed by atoms with Crippen LogP contribution in [-0.2, 0) is 14.3 Å². The molecule has 0 bridgehead atoms. The van der Waals surface area contributed by atoms with Crippen molar-refractivity contribution in [1.29, 1.82) is 0 Å². The summed E-state index contributed by atoms with van der Waals surface area (Å²) in [5.74, 6) is -0.151. The number of benzene rings is 1. The van der Waals surface area contributed by atoms with Crippen LogP contribution in [-0.4, -0.2) is 40.3 Å². The minimum atomic E-state index is -0.935. The van der Waals surface area contributed by atoms with Gasteiger partial charge < -0.3 is 14.6 Å². The van der Waals surface area contributed by atoms with Crippen LogP contribution in [0.2, 0.25) is 0 Å². The van der Waals surface area contributed by atoms with Crippen LogP contribution in [0.5, 0.6) is 0 Å². The molecule has 1 saturated carbocycles. The standard InChI is InChI=1S/C27H38FNO5/c1-16(2)20-12-7-17(3)15-22(20)33-25(31)23-21(30)13-14-29(26(32)34-27(4,5)6)24(23)18-8-10-19(28)11-9-18/h8-11,16-17,20,22,24,30H,7,12-15H2,1-6H3/t17-,20+,22-,24-/m1/s1. The first-order chi connectivity index (χ1) is 15.9. The number of carbonyl (C=O) groups excluding carboxylic acids is 2. The molecule has 1 aromatic rings. The molecule has 0 spiro atoms. The van der Waals surface area contributed by atoms with E-state index in [9.17, 15) is 19.1 Å². The van der Waals surface area contributed by atoms with Crippen LogP contribution in [0.1, 0.15) is 78.8 Å². The molecule has 0 saturated heterocycles. The zero-order chi connectivity index (χ0) is 25.2. The van der Waals surface area contributed by atoms with E-state index in [2.05, 4.69) is 20.8 Å². The molecule has 1 aromatic carbocycles. The van der Waals surface area contributed by atoms with Gasteiger partial charge in [0, 0.05) is 13.0 Å². The number of carbonyl (C=O) groups is 2. The molecule has 6 nitrogen and oxygen atoms in total. The van der Waals surface area contributed by atoms with Gasteiger partial charge in [0.15, 0.2) is 0 Å². The molecule has 1 aliphatic carbocycles. The maximum atomic E-state index is 13.7. The number of ether oxygens (including phenoxy) is 2. The maximum Gasteiger partial charge on any atom is 0.411 e. The Bertz CT molecular complexity index is 918. The number of nitrogens with zero attached hydrogens (tertiary/aromatic N) is 1. The lowest BCUT2D eigenvalue weighted by atomic mass is 9.75. The lowest BCUT2D eigenvalue weighted by molar-refractivity contribution is -0.152. The predicted molar refractivity (Wildman–Crippen MR) is 128 cm³/mol. The summed E-state index contributed by atoms with van der Waals surface area (Å²) < 4.78 is 25.3. The third-order valence-corrected chi connectivity index (χ3v) is 6.74. The molecule has 34 heavy (non-hydrogen) atoms. The van der Waals surface area contributed by atoms with E-state index in [1.165, 1.54) is 29.2 Å². The van der Waals surface area contributed by atoms with Gasteiger partial charge in [-0.2, -0.15) is 0 Å². The third-order valence-electron chi connectivity index (χ3n) is 6.74. The average molecular weight is 476 g/mol. The summed E-state index contributed by atoms with van der Waals surface area (Å²) in [7, 11) is 0. The summed E-state index contributed by atoms with van der Waals surface area (Å²) >= 11 is 0. The van der Waals surface area contributed by atoms with E-state index < -0.39 is 29.5 Å². The fourth-order valence-corrected chi connectivity index (χ4v) is 4.99. The summed E-state index contributed by atoms with van der Waals surface area (Å²) in [6, 6.07) is 4.64. The van der Waals surface area contributed by atoms with Gasteiger partial charge in [-0.05, 0) is 69.1 Å². The average Bonchev–Trinajstić information content (AvgIpc) is 2.72. The highest BCUT2D eigenvalue weighted by atomic mass is 19.1. The summed E-state index contributed by atoms with van der Waals surface area (Å²) in [6.45, 7) is 11.9. The Morgan fingerprint density at radius 3 is 2.38 bits per heavy atom. The number of esters is 1. The van der Waals surface area contributed by atoms with Gasteiger partial charge in [0.25, 0.3) is 0 Å². The fraction of sp³-hybridized carbons (Fsp3) is 0.630. The van der Waals surface area contributed by atoms with Gasteiger partial charge in [-0.3, -0.25) is 4.90 Å². The van der Waals surface area contributed by atoms with Crippen molar-refractivity contribution >= 4 is 12.1 Å². The smallest absolute Gasteiger partial charge is 0.411 e. The number of rotatable bonds is 4. The van der Waals surface area contributed by atoms with Crippen molar-refractivity contribution in [2.75, 3.05) is 6.54 Å². The van der Waals surface area contributed by atoms with Crippen LogP contribution in [0.15, 0.2) is 35.6 Å². The molecule has 1 fully saturated rings. The van der Waals surface area contributed by atoms with E-state index in [0.717, 1.165) is 19.3 Å². The molecule has 0 unspecified atom stereocenters. The van der Waals surface area contributed by atoms with Crippen molar-refractivity contribution in [3.8, 4) is 0 Å². The molecule has 0 aromatic heterocycles. The normalized spacial score (nSPS) is 25.9. The molecule has 7 heteroatoms. The Morgan fingerprint density at radius 2 is 1.79 bits per heavy atom. The minimum absolute atomic E-state index is 0.0180. The van der Waals surface area contributed by atoms with Crippen molar-refractivity contribution in [3.63, 3.8) is 0 Å². The Morgan fingerprint density at radius 1 is 1.15 bits per heavy atom. The van der Waals surface area contributed by atoms with Gasteiger partial charge in [0.05, 0.1) is 6.04 Å². The van der Waals surface area contributed by atoms with Crippen molar-refractivity contribution in [1.82, 2.24) is 4.90 Å². The molecule has 4 atom stereocenters. The van der Waals surface area contributed by atoms with E-state index in [1.54, 1.807) is 20.8 Å². The lowest BCUT2D eigenvalue weighted by Crippen LogP contribution is -2.45. The zero-order valence-corrected chi connectivity index (χ0v) is 21.1. The number of aliphatic hydroxyl groups is 1. The van der Waals surface area contributed by atoms with Gasteiger partial charge in [-0.25, -0.2) is 14.0 Å². The summed E-state index contributed by atoms with van der Waals surface area (Å²) in [5.41, 5.74) is -0.218. The number of aliphatic hydroxyl groups excluding tert-OH is 1. The molecular formula is C27H38FNO5. The summed E-state index contributed by atoms with van der Waals surface area (Å²) in [5, 5.41) is 10.8. The second-order valence-corrected chi connectivity index (χ2v) is 11.0. The molecule has 188 valence electrons. The predicted octanol–water partition coefficient (Wildman–Crippen LogP) is 6.32. The highest BCUT2D eigenvalue weighted by Gasteiger charge is 2.42. The summed E-state index contributed by atoms with van der Waals surface area (Å²) in [4.78, 5) is 28.1. The first kappa shape index (κ1) is 26.0. The lowest BCUT2D eigenvalue weighted by Gasteiger charge is -2.40. The Kier molecular flexibility index (Phi) is 7.94. The van der Waals surface area contributed by atoms with E-state index in [0.29, 0.717) is 17.4 Å². The second-order valence-electron chi connectivity index (χ2n) is 11.0. The van der Waals surface area contributed by atoms with Crippen molar-refractivity contribution < 1.29 is 28.6 Å². The SMILES string of the molecule is CC(C)[C@@H]1CC[C@@H](C)C[C@H]1OC(=O)C1=C(O)CCN(C(=O)OC(C)(C)C)[C@@H]1c1ccc(F)cc1. The Labute approximate surface area is 202 Å². The molecule has 1 aliphatic heterocycles. The number of hydrogen-bond donors (Lipinski definition) is 1. The number of hydrogen-bond acceptors (Lipinski definition) is 5. The molecular weight excluding hydrogens is 437 g/mol. The number of halogens is 1. The van der Waals surface area contributed by atoms with Crippen molar-refractivity contribution in [2.45, 2.75) is 85.0 Å². The quantitative estimate of drug-likeness (QED) is 0.516. The van der Waals surface area contributed by atoms with Crippen LogP contribution in [0.4, 0.5) is 9.18 Å². The van der Waals surface area contributed by atoms with Gasteiger partial charge >= 0.3 is 12.1 Å². The van der Waals surface area contributed by atoms with Crippen LogP contribution in [0.3, 0.4) is 0 Å². The van der Waals surface area contributed by atoms with Crippen molar-refractivity contribution in [3.05, 3.63) is 47.0 Å². The highest BCUT2D eigenvalue weighted by molar-refractivity contribution is 5.92. The molecule has 2 aliphatic rings. The van der Waals surface area contributed by atoms with E-state index in [4.69, 9.17) is 9.47 Å². The van der Waals surface area contributed by atoms with E-state index >= 15 is 0 Å². The van der Waals surface area contributed by atoms with E-state index in [1.807, 2.05) is 0 Å². The minimum Gasteiger partial charge on any atom is -0.512 e. The molecule has 1 N–H and O–H groups in total. The highest BCUT2D eigenvalue weighted by Crippen LogP contribution is 2.40. The van der Waals surface area contributed by atoms with Gasteiger partial charge in [-0.1, -0.05) is 39.3 Å². The number of amides is 1. The zero-order valence-electron chi connectivity index (χ0n) is 21.1. The fourth-order valence-electron chi connectivity index (χ4n) is 4.99. The van der Waals surface area contributed by atoms with Crippen molar-refractivity contribution in [2.24, 2.45) is 17.8 Å². The van der Waals surface area contributed by atoms with Gasteiger partial charge in [-0.15, -0.1) is 0 Å². The first-order valence-electron chi connectivity index (χ1n) is 12.3. The van der Waals surface area contributed by atoms with Crippen LogP contribution in [0, 0.1) is 23.6 Å². The first-order valence-corrected chi connectivity index (χ1v) is 12.3. The molecule has 3 rings (SSSR count). The second kappa shape index (κ2) is 10.4. The third kappa shape index (κ3) is 6.10. The molecule has 1 heterocycles. The maximum absolute atomic E-state index is 13.7. The van der Waals surface area contributed by atoms with Crippen LogP contribution in [0.25, 0.3) is 0 Å². The monoisotopic (exact) mass is 475 g/mol. The largest absolute Gasteiger partial charge is 0.512 e. The van der Waals surface area contributed by atoms with E-state index in [-0.39, 0.29) is 36.3 Å². The molecule has 1 amide bonds.